The average molecular weight is 233 g/mol. The Hall–Kier alpha value is -1.61. The second-order valence-corrected chi connectivity index (χ2v) is 4.12. The molecular formula is C14H16FNO. The van der Waals surface area contributed by atoms with Crippen LogP contribution in [0.1, 0.15) is 24.3 Å². The third kappa shape index (κ3) is 2.24. The van der Waals surface area contributed by atoms with Crippen molar-refractivity contribution < 1.29 is 8.81 Å². The van der Waals surface area contributed by atoms with Crippen molar-refractivity contribution in [3.8, 4) is 11.3 Å². The summed E-state index contributed by atoms with van der Waals surface area (Å²) in [6, 6.07) is 8.97. The molecule has 0 aliphatic rings. The summed E-state index contributed by atoms with van der Waals surface area (Å²) in [5.74, 6) is 1.35. The van der Waals surface area contributed by atoms with Gasteiger partial charge in [-0.15, -0.1) is 0 Å². The maximum absolute atomic E-state index is 13.4. The fourth-order valence-corrected chi connectivity index (χ4v) is 1.75. The van der Waals surface area contributed by atoms with E-state index in [1.807, 2.05) is 32.2 Å². The highest BCUT2D eigenvalue weighted by Gasteiger charge is 2.12. The highest BCUT2D eigenvalue weighted by atomic mass is 19.1. The Morgan fingerprint density at radius 2 is 2.00 bits per heavy atom. The van der Waals surface area contributed by atoms with E-state index in [9.17, 15) is 4.39 Å². The number of furan rings is 1. The molecule has 3 heteroatoms. The third-order valence-corrected chi connectivity index (χ3v) is 3.02. The van der Waals surface area contributed by atoms with Crippen LogP contribution >= 0.6 is 0 Å². The minimum Gasteiger partial charge on any atom is -0.459 e. The molecule has 0 saturated carbocycles. The Labute approximate surface area is 100 Å². The van der Waals surface area contributed by atoms with Gasteiger partial charge < -0.3 is 9.73 Å². The van der Waals surface area contributed by atoms with Gasteiger partial charge in [0.25, 0.3) is 0 Å². The number of rotatable bonds is 3. The van der Waals surface area contributed by atoms with Gasteiger partial charge in [-0.05, 0) is 44.7 Å². The molecule has 0 fully saturated rings. The standard InChI is InChI=1S/C14H16FNO/c1-9-11(5-4-6-12(9)15)14-8-7-13(17-14)10(2)16-3/h4-8,10,16H,1-3H3. The Morgan fingerprint density at radius 1 is 1.24 bits per heavy atom. The van der Waals surface area contributed by atoms with E-state index in [4.69, 9.17) is 4.42 Å². The molecule has 0 aliphatic heterocycles. The first kappa shape index (κ1) is 11.9. The van der Waals surface area contributed by atoms with Gasteiger partial charge in [-0.3, -0.25) is 0 Å². The first-order valence-electron chi connectivity index (χ1n) is 5.66. The quantitative estimate of drug-likeness (QED) is 0.875. The lowest BCUT2D eigenvalue weighted by atomic mass is 10.1. The van der Waals surface area contributed by atoms with Gasteiger partial charge in [-0.25, -0.2) is 4.39 Å². The van der Waals surface area contributed by atoms with E-state index in [-0.39, 0.29) is 11.9 Å². The largest absolute Gasteiger partial charge is 0.459 e. The van der Waals surface area contributed by atoms with Crippen LogP contribution in [0.4, 0.5) is 4.39 Å². The number of benzene rings is 1. The zero-order chi connectivity index (χ0) is 12.4. The molecule has 1 unspecified atom stereocenters. The lowest BCUT2D eigenvalue weighted by molar-refractivity contribution is 0.458. The topological polar surface area (TPSA) is 25.2 Å². The van der Waals surface area contributed by atoms with Crippen molar-refractivity contribution in [2.24, 2.45) is 0 Å². The molecule has 0 saturated heterocycles. The fourth-order valence-electron chi connectivity index (χ4n) is 1.75. The minimum absolute atomic E-state index is 0.151. The molecule has 17 heavy (non-hydrogen) atoms. The molecule has 0 spiro atoms. The molecule has 90 valence electrons. The minimum atomic E-state index is -0.206. The van der Waals surface area contributed by atoms with Gasteiger partial charge in [0.2, 0.25) is 0 Å². The number of hydrogen-bond donors (Lipinski definition) is 1. The summed E-state index contributed by atoms with van der Waals surface area (Å²) in [6.45, 7) is 3.77. The number of halogens is 1. The molecule has 2 aromatic rings. The summed E-state index contributed by atoms with van der Waals surface area (Å²) in [6.07, 6.45) is 0. The van der Waals surface area contributed by atoms with Crippen LogP contribution in [0.5, 0.6) is 0 Å². The van der Waals surface area contributed by atoms with Gasteiger partial charge in [0, 0.05) is 5.56 Å². The summed E-state index contributed by atoms with van der Waals surface area (Å²) in [4.78, 5) is 0. The monoisotopic (exact) mass is 233 g/mol. The van der Waals surface area contributed by atoms with E-state index in [0.717, 1.165) is 11.3 Å². The number of hydrogen-bond acceptors (Lipinski definition) is 2. The van der Waals surface area contributed by atoms with Crippen LogP contribution < -0.4 is 5.32 Å². The SMILES string of the molecule is CNC(C)c1ccc(-c2cccc(F)c2C)o1. The van der Waals surface area contributed by atoms with Crippen LogP contribution in [0, 0.1) is 12.7 Å². The van der Waals surface area contributed by atoms with Gasteiger partial charge in [-0.1, -0.05) is 12.1 Å². The molecule has 1 N–H and O–H groups in total. The number of nitrogens with one attached hydrogen (secondary N) is 1. The van der Waals surface area contributed by atoms with Crippen molar-refractivity contribution in [2.75, 3.05) is 7.05 Å². The van der Waals surface area contributed by atoms with E-state index >= 15 is 0 Å². The summed E-state index contributed by atoms with van der Waals surface area (Å²) in [5.41, 5.74) is 1.42. The van der Waals surface area contributed by atoms with Gasteiger partial charge in [0.15, 0.2) is 0 Å². The molecule has 0 amide bonds. The molecule has 0 radical (unpaired) electrons. The Bertz CT molecular complexity index is 519. The second-order valence-electron chi connectivity index (χ2n) is 4.12. The summed E-state index contributed by atoms with van der Waals surface area (Å²) >= 11 is 0. The molecule has 1 aromatic heterocycles. The zero-order valence-electron chi connectivity index (χ0n) is 10.3. The highest BCUT2D eigenvalue weighted by molar-refractivity contribution is 5.62. The van der Waals surface area contributed by atoms with Crippen molar-refractivity contribution >= 4 is 0 Å². The average Bonchev–Trinajstić information content (AvgIpc) is 2.81. The molecule has 0 aliphatic carbocycles. The van der Waals surface area contributed by atoms with Crippen molar-refractivity contribution in [1.82, 2.24) is 5.32 Å². The zero-order valence-corrected chi connectivity index (χ0v) is 10.3. The summed E-state index contributed by atoms with van der Waals surface area (Å²) < 4.78 is 19.2. The summed E-state index contributed by atoms with van der Waals surface area (Å²) in [7, 11) is 1.88. The van der Waals surface area contributed by atoms with Gasteiger partial charge >= 0.3 is 0 Å². The molecule has 1 aromatic carbocycles. The van der Waals surface area contributed by atoms with Gasteiger partial charge in [0.1, 0.15) is 17.3 Å². The van der Waals surface area contributed by atoms with Crippen molar-refractivity contribution in [3.05, 3.63) is 47.5 Å². The smallest absolute Gasteiger partial charge is 0.134 e. The van der Waals surface area contributed by atoms with E-state index < -0.39 is 0 Å². The second kappa shape index (κ2) is 4.72. The lowest BCUT2D eigenvalue weighted by Crippen LogP contribution is -2.11. The molecule has 1 heterocycles. The summed E-state index contributed by atoms with van der Waals surface area (Å²) in [5, 5.41) is 3.10. The predicted molar refractivity (Wildman–Crippen MR) is 66.3 cm³/mol. The third-order valence-electron chi connectivity index (χ3n) is 3.02. The maximum atomic E-state index is 13.4. The van der Waals surface area contributed by atoms with Crippen molar-refractivity contribution in [3.63, 3.8) is 0 Å². The lowest BCUT2D eigenvalue weighted by Gasteiger charge is -2.06. The van der Waals surface area contributed by atoms with Crippen molar-refractivity contribution in [2.45, 2.75) is 19.9 Å². The van der Waals surface area contributed by atoms with E-state index in [1.54, 1.807) is 13.0 Å². The first-order chi connectivity index (χ1) is 8.13. The van der Waals surface area contributed by atoms with Crippen LogP contribution in [0.2, 0.25) is 0 Å². The Kier molecular flexibility index (Phi) is 3.29. The predicted octanol–water partition coefficient (Wildman–Crippen LogP) is 3.67. The Balaban J connectivity index is 2.40. The molecule has 0 bridgehead atoms. The van der Waals surface area contributed by atoms with E-state index in [2.05, 4.69) is 5.32 Å². The van der Waals surface area contributed by atoms with Gasteiger partial charge in [-0.2, -0.15) is 0 Å². The van der Waals surface area contributed by atoms with Crippen LogP contribution in [0.3, 0.4) is 0 Å². The van der Waals surface area contributed by atoms with Crippen LogP contribution in [-0.4, -0.2) is 7.05 Å². The van der Waals surface area contributed by atoms with Crippen molar-refractivity contribution in [1.29, 1.82) is 0 Å². The van der Waals surface area contributed by atoms with E-state index in [1.165, 1.54) is 6.07 Å². The first-order valence-corrected chi connectivity index (χ1v) is 5.66. The normalized spacial score (nSPS) is 12.7. The maximum Gasteiger partial charge on any atom is 0.134 e. The molecule has 2 nitrogen and oxygen atoms in total. The molecule has 1 atom stereocenters. The molecule has 2 rings (SSSR count). The van der Waals surface area contributed by atoms with Gasteiger partial charge in [0.05, 0.1) is 6.04 Å². The van der Waals surface area contributed by atoms with Crippen LogP contribution in [-0.2, 0) is 0 Å². The highest BCUT2D eigenvalue weighted by Crippen LogP contribution is 2.28. The van der Waals surface area contributed by atoms with E-state index in [0.29, 0.717) is 11.3 Å². The Morgan fingerprint density at radius 3 is 2.71 bits per heavy atom. The van der Waals surface area contributed by atoms with Crippen LogP contribution in [0.25, 0.3) is 11.3 Å². The van der Waals surface area contributed by atoms with Crippen LogP contribution in [0.15, 0.2) is 34.7 Å². The fraction of sp³-hybridized carbons (Fsp3) is 0.286. The molecular weight excluding hydrogens is 217 g/mol.